The van der Waals surface area contributed by atoms with Crippen LogP contribution >= 0.6 is 0 Å². The fourth-order valence-corrected chi connectivity index (χ4v) is 4.02. The van der Waals surface area contributed by atoms with Crippen LogP contribution in [-0.4, -0.2) is 30.4 Å². The molecule has 1 fully saturated rings. The van der Waals surface area contributed by atoms with Crippen molar-refractivity contribution >= 4 is 11.8 Å². The number of nitrogens with one attached hydrogen (secondary N) is 1. The molecule has 2 aliphatic heterocycles. The van der Waals surface area contributed by atoms with Gasteiger partial charge in [-0.25, -0.2) is 0 Å². The van der Waals surface area contributed by atoms with Gasteiger partial charge in [-0.3, -0.25) is 5.01 Å². The summed E-state index contributed by atoms with van der Waals surface area (Å²) in [4.78, 5) is 0. The molecule has 134 valence electrons. The molecule has 0 spiro atoms. The average Bonchev–Trinajstić information content (AvgIpc) is 3.04. The SMILES string of the molecule is CCN1N=C2/C(=C/c3ccc(C)cc3)CNC[C@@H]2[C@@H]1c1ccc(C)cc1. The zero-order chi connectivity index (χ0) is 18.1. The van der Waals surface area contributed by atoms with Gasteiger partial charge in [0.05, 0.1) is 11.8 Å². The molecule has 2 atom stereocenters. The van der Waals surface area contributed by atoms with E-state index in [-0.39, 0.29) is 0 Å². The van der Waals surface area contributed by atoms with Gasteiger partial charge >= 0.3 is 0 Å². The maximum Gasteiger partial charge on any atom is 0.0816 e. The van der Waals surface area contributed by atoms with Crippen LogP contribution in [0.2, 0.25) is 0 Å². The van der Waals surface area contributed by atoms with Gasteiger partial charge in [0, 0.05) is 25.6 Å². The van der Waals surface area contributed by atoms with Crippen molar-refractivity contribution in [2.45, 2.75) is 26.8 Å². The number of aryl methyl sites for hydroxylation is 2. The summed E-state index contributed by atoms with van der Waals surface area (Å²) < 4.78 is 0. The summed E-state index contributed by atoms with van der Waals surface area (Å²) in [5, 5.41) is 10.9. The Hall–Kier alpha value is -2.39. The maximum absolute atomic E-state index is 5.05. The number of fused-ring (bicyclic) bond motifs is 1. The molecule has 2 aromatic carbocycles. The molecule has 3 heteroatoms. The van der Waals surface area contributed by atoms with Crippen molar-refractivity contribution < 1.29 is 0 Å². The largest absolute Gasteiger partial charge is 0.312 e. The molecule has 0 aromatic heterocycles. The minimum atomic E-state index is 0.324. The van der Waals surface area contributed by atoms with Crippen molar-refractivity contribution in [2.24, 2.45) is 11.0 Å². The number of benzene rings is 2. The highest BCUT2D eigenvalue weighted by Crippen LogP contribution is 2.38. The van der Waals surface area contributed by atoms with Gasteiger partial charge in [-0.1, -0.05) is 59.7 Å². The van der Waals surface area contributed by atoms with Crippen LogP contribution in [-0.2, 0) is 0 Å². The first kappa shape index (κ1) is 17.0. The predicted octanol–water partition coefficient (Wildman–Crippen LogP) is 4.34. The Bertz CT molecular complexity index is 831. The van der Waals surface area contributed by atoms with Gasteiger partial charge in [-0.15, -0.1) is 0 Å². The molecule has 0 saturated carbocycles. The van der Waals surface area contributed by atoms with Crippen LogP contribution in [0.1, 0.15) is 35.2 Å². The topological polar surface area (TPSA) is 27.6 Å². The molecule has 2 aromatic rings. The van der Waals surface area contributed by atoms with Crippen LogP contribution in [0.15, 0.2) is 59.2 Å². The Morgan fingerprint density at radius 1 is 1.04 bits per heavy atom. The smallest absolute Gasteiger partial charge is 0.0816 e. The van der Waals surface area contributed by atoms with E-state index >= 15 is 0 Å². The van der Waals surface area contributed by atoms with Gasteiger partial charge in [0.2, 0.25) is 0 Å². The minimum Gasteiger partial charge on any atom is -0.312 e. The molecule has 0 aliphatic carbocycles. The molecular formula is C23H27N3. The first-order valence-corrected chi connectivity index (χ1v) is 9.55. The highest BCUT2D eigenvalue weighted by Gasteiger charge is 2.40. The summed E-state index contributed by atoms with van der Waals surface area (Å²) in [6.45, 7) is 9.26. The van der Waals surface area contributed by atoms with Crippen molar-refractivity contribution in [1.29, 1.82) is 0 Å². The molecular weight excluding hydrogens is 318 g/mol. The first-order valence-electron chi connectivity index (χ1n) is 9.55. The van der Waals surface area contributed by atoms with Gasteiger partial charge in [-0.2, -0.15) is 5.10 Å². The lowest BCUT2D eigenvalue weighted by Gasteiger charge is -2.30. The molecule has 4 rings (SSSR count). The molecule has 0 bridgehead atoms. The molecule has 2 heterocycles. The fraction of sp³-hybridized carbons (Fsp3) is 0.348. The third kappa shape index (κ3) is 3.19. The lowest BCUT2D eigenvalue weighted by Crippen LogP contribution is -2.40. The third-order valence-corrected chi connectivity index (χ3v) is 5.46. The molecule has 0 radical (unpaired) electrons. The lowest BCUT2D eigenvalue weighted by molar-refractivity contribution is 0.211. The Morgan fingerprint density at radius 3 is 2.35 bits per heavy atom. The third-order valence-electron chi connectivity index (χ3n) is 5.46. The van der Waals surface area contributed by atoms with Crippen molar-refractivity contribution in [1.82, 2.24) is 10.3 Å². The van der Waals surface area contributed by atoms with Crippen LogP contribution in [0, 0.1) is 19.8 Å². The zero-order valence-corrected chi connectivity index (χ0v) is 15.9. The normalized spacial score (nSPS) is 23.9. The number of nitrogens with zero attached hydrogens (tertiary/aromatic N) is 2. The summed E-state index contributed by atoms with van der Waals surface area (Å²) in [6.07, 6.45) is 2.29. The maximum atomic E-state index is 5.05. The van der Waals surface area contributed by atoms with Crippen molar-refractivity contribution in [2.75, 3.05) is 19.6 Å². The summed E-state index contributed by atoms with van der Waals surface area (Å²) in [6, 6.07) is 18.0. The zero-order valence-electron chi connectivity index (χ0n) is 15.9. The predicted molar refractivity (Wildman–Crippen MR) is 109 cm³/mol. The molecule has 3 nitrogen and oxygen atoms in total. The number of hydrazone groups is 1. The van der Waals surface area contributed by atoms with Crippen LogP contribution < -0.4 is 5.32 Å². The number of piperidine rings is 1. The van der Waals surface area contributed by atoms with E-state index in [1.54, 1.807) is 0 Å². The van der Waals surface area contributed by atoms with E-state index in [2.05, 4.69) is 85.7 Å². The Kier molecular flexibility index (Phi) is 4.64. The number of rotatable bonds is 3. The van der Waals surface area contributed by atoms with Gasteiger partial charge in [0.15, 0.2) is 0 Å². The van der Waals surface area contributed by atoms with Crippen molar-refractivity contribution in [3.63, 3.8) is 0 Å². The lowest BCUT2D eigenvalue weighted by atomic mass is 9.84. The second-order valence-corrected chi connectivity index (χ2v) is 7.41. The number of hydrogen-bond donors (Lipinski definition) is 1. The van der Waals surface area contributed by atoms with E-state index in [0.717, 1.165) is 19.6 Å². The summed E-state index contributed by atoms with van der Waals surface area (Å²) in [5.74, 6) is 0.406. The summed E-state index contributed by atoms with van der Waals surface area (Å²) in [7, 11) is 0. The highest BCUT2D eigenvalue weighted by atomic mass is 15.5. The minimum absolute atomic E-state index is 0.324. The van der Waals surface area contributed by atoms with E-state index in [9.17, 15) is 0 Å². The van der Waals surface area contributed by atoms with E-state index < -0.39 is 0 Å². The Balaban J connectivity index is 1.68. The van der Waals surface area contributed by atoms with Gasteiger partial charge < -0.3 is 5.32 Å². The Labute approximate surface area is 156 Å². The van der Waals surface area contributed by atoms with Crippen LogP contribution in [0.4, 0.5) is 0 Å². The quantitative estimate of drug-likeness (QED) is 0.896. The first-order chi connectivity index (χ1) is 12.7. The van der Waals surface area contributed by atoms with E-state index in [1.807, 2.05) is 0 Å². The average molecular weight is 345 g/mol. The molecule has 26 heavy (non-hydrogen) atoms. The van der Waals surface area contributed by atoms with Gasteiger partial charge in [0.1, 0.15) is 0 Å². The van der Waals surface area contributed by atoms with Gasteiger partial charge in [-0.05, 0) is 43.5 Å². The summed E-state index contributed by atoms with van der Waals surface area (Å²) >= 11 is 0. The monoisotopic (exact) mass is 345 g/mol. The number of hydrogen-bond acceptors (Lipinski definition) is 3. The van der Waals surface area contributed by atoms with Crippen LogP contribution in [0.3, 0.4) is 0 Å². The highest BCUT2D eigenvalue weighted by molar-refractivity contribution is 6.07. The standard InChI is InChI=1S/C23H27N3/c1-4-26-23(19-11-7-17(3)8-12-19)21-15-24-14-20(22(21)25-26)13-18-9-5-16(2)6-10-18/h5-13,21,23-24H,4,14-15H2,1-3H3/b20-13+/t21-,23-/m0/s1. The van der Waals surface area contributed by atoms with E-state index in [0.29, 0.717) is 12.0 Å². The second kappa shape index (κ2) is 7.08. The molecule has 1 saturated heterocycles. The van der Waals surface area contributed by atoms with Gasteiger partial charge in [0.25, 0.3) is 0 Å². The fourth-order valence-electron chi connectivity index (χ4n) is 4.02. The molecule has 1 N–H and O–H groups in total. The van der Waals surface area contributed by atoms with Crippen LogP contribution in [0.5, 0.6) is 0 Å². The van der Waals surface area contributed by atoms with Crippen molar-refractivity contribution in [3.05, 3.63) is 76.4 Å². The van der Waals surface area contributed by atoms with E-state index in [4.69, 9.17) is 5.10 Å². The van der Waals surface area contributed by atoms with E-state index in [1.165, 1.54) is 33.5 Å². The Morgan fingerprint density at radius 2 is 1.69 bits per heavy atom. The van der Waals surface area contributed by atoms with Crippen LogP contribution in [0.25, 0.3) is 6.08 Å². The second-order valence-electron chi connectivity index (χ2n) is 7.41. The molecule has 2 aliphatic rings. The van der Waals surface area contributed by atoms with Crippen molar-refractivity contribution in [3.8, 4) is 0 Å². The molecule has 0 unspecified atom stereocenters. The summed E-state index contributed by atoms with van der Waals surface area (Å²) in [5.41, 5.74) is 7.78. The molecule has 0 amide bonds.